The Bertz CT molecular complexity index is 433. The maximum Gasteiger partial charge on any atom is 0.0406 e. The van der Waals surface area contributed by atoms with Gasteiger partial charge in [0, 0.05) is 17.6 Å². The number of hydrogen-bond donors (Lipinski definition) is 1. The fraction of sp³-hybridized carbons (Fsp3) is 0.667. The average molecular weight is 307 g/mol. The average Bonchev–Trinajstić information content (AvgIpc) is 2.91. The topological polar surface area (TPSA) is 15.3 Å². The molecule has 1 unspecified atom stereocenters. The van der Waals surface area contributed by atoms with Crippen molar-refractivity contribution in [3.8, 4) is 0 Å². The van der Waals surface area contributed by atoms with Crippen molar-refractivity contribution in [1.82, 2.24) is 10.2 Å². The van der Waals surface area contributed by atoms with E-state index in [1.165, 1.54) is 50.9 Å². The Labute approximate surface area is 133 Å². The molecule has 1 saturated carbocycles. The lowest BCUT2D eigenvalue weighted by atomic mass is 9.76. The highest BCUT2D eigenvalue weighted by Crippen LogP contribution is 2.37. The Morgan fingerprint density at radius 2 is 1.86 bits per heavy atom. The van der Waals surface area contributed by atoms with E-state index in [4.69, 9.17) is 11.6 Å². The zero-order valence-electron chi connectivity index (χ0n) is 13.0. The summed E-state index contributed by atoms with van der Waals surface area (Å²) in [6.07, 6.45) is 5.34. The standard InChI is InChI=1S/C18H27ClN2/c1-14(13-21-8-2-3-9-21)12-20-18-10-16(11-18)15-4-6-17(19)7-5-15/h4-7,14,16,18,20H,2-3,8-13H2,1H3. The number of likely N-dealkylation sites (tertiary alicyclic amines) is 1. The number of rotatable bonds is 6. The van der Waals surface area contributed by atoms with Crippen LogP contribution < -0.4 is 5.32 Å². The maximum atomic E-state index is 5.94. The van der Waals surface area contributed by atoms with Crippen LogP contribution in [0.4, 0.5) is 0 Å². The molecule has 1 aromatic rings. The van der Waals surface area contributed by atoms with Crippen LogP contribution in [0.1, 0.15) is 44.1 Å². The van der Waals surface area contributed by atoms with Gasteiger partial charge in [0.05, 0.1) is 0 Å². The first-order valence-electron chi connectivity index (χ1n) is 8.42. The van der Waals surface area contributed by atoms with Gasteiger partial charge in [0.15, 0.2) is 0 Å². The molecule has 0 spiro atoms. The lowest BCUT2D eigenvalue weighted by Crippen LogP contribution is -2.43. The van der Waals surface area contributed by atoms with Crippen LogP contribution in [0.15, 0.2) is 24.3 Å². The van der Waals surface area contributed by atoms with Crippen molar-refractivity contribution in [3.05, 3.63) is 34.9 Å². The van der Waals surface area contributed by atoms with Crippen LogP contribution in [0.25, 0.3) is 0 Å². The fourth-order valence-corrected chi connectivity index (χ4v) is 3.76. The summed E-state index contributed by atoms with van der Waals surface area (Å²) in [7, 11) is 0. The van der Waals surface area contributed by atoms with E-state index >= 15 is 0 Å². The number of benzene rings is 1. The third-order valence-electron chi connectivity index (χ3n) is 5.00. The molecule has 2 nitrogen and oxygen atoms in total. The lowest BCUT2D eigenvalue weighted by Gasteiger charge is -2.37. The smallest absolute Gasteiger partial charge is 0.0406 e. The Morgan fingerprint density at radius 3 is 2.52 bits per heavy atom. The van der Waals surface area contributed by atoms with E-state index < -0.39 is 0 Å². The van der Waals surface area contributed by atoms with Crippen molar-refractivity contribution >= 4 is 11.6 Å². The summed E-state index contributed by atoms with van der Waals surface area (Å²) in [5.41, 5.74) is 1.45. The van der Waals surface area contributed by atoms with E-state index in [2.05, 4.69) is 29.3 Å². The molecule has 2 aliphatic rings. The summed E-state index contributed by atoms with van der Waals surface area (Å²) in [6.45, 7) is 7.42. The van der Waals surface area contributed by atoms with Gasteiger partial charge in [0.1, 0.15) is 0 Å². The van der Waals surface area contributed by atoms with Gasteiger partial charge in [-0.25, -0.2) is 0 Å². The van der Waals surface area contributed by atoms with Crippen molar-refractivity contribution in [3.63, 3.8) is 0 Å². The van der Waals surface area contributed by atoms with Crippen LogP contribution in [0.2, 0.25) is 5.02 Å². The Kier molecular flexibility index (Phi) is 5.20. The number of nitrogens with zero attached hydrogens (tertiary/aromatic N) is 1. The van der Waals surface area contributed by atoms with Crippen LogP contribution in [-0.2, 0) is 0 Å². The number of halogens is 1. The summed E-state index contributed by atoms with van der Waals surface area (Å²) in [5.74, 6) is 1.49. The second-order valence-corrected chi connectivity index (χ2v) is 7.37. The third-order valence-corrected chi connectivity index (χ3v) is 5.26. The molecular weight excluding hydrogens is 280 g/mol. The van der Waals surface area contributed by atoms with Crippen molar-refractivity contribution < 1.29 is 0 Å². The summed E-state index contributed by atoms with van der Waals surface area (Å²) in [4.78, 5) is 2.61. The van der Waals surface area contributed by atoms with Gasteiger partial charge in [-0.1, -0.05) is 30.7 Å². The second kappa shape index (κ2) is 7.13. The van der Waals surface area contributed by atoms with Gasteiger partial charge < -0.3 is 10.2 Å². The molecule has 0 amide bonds. The van der Waals surface area contributed by atoms with Crippen LogP contribution in [-0.4, -0.2) is 37.1 Å². The molecule has 1 saturated heterocycles. The fourth-order valence-electron chi connectivity index (χ4n) is 3.63. The maximum absolute atomic E-state index is 5.94. The number of hydrogen-bond acceptors (Lipinski definition) is 2. The van der Waals surface area contributed by atoms with Crippen LogP contribution in [0.3, 0.4) is 0 Å². The predicted molar refractivity (Wildman–Crippen MR) is 90.1 cm³/mol. The molecule has 1 aliphatic heterocycles. The van der Waals surface area contributed by atoms with E-state index in [9.17, 15) is 0 Å². The Morgan fingerprint density at radius 1 is 1.19 bits per heavy atom. The van der Waals surface area contributed by atoms with Crippen LogP contribution in [0, 0.1) is 5.92 Å². The van der Waals surface area contributed by atoms with Crippen molar-refractivity contribution in [2.24, 2.45) is 5.92 Å². The summed E-state index contributed by atoms with van der Waals surface area (Å²) in [6, 6.07) is 9.09. The molecule has 0 bridgehead atoms. The summed E-state index contributed by atoms with van der Waals surface area (Å²) < 4.78 is 0. The van der Waals surface area contributed by atoms with Crippen LogP contribution in [0.5, 0.6) is 0 Å². The van der Waals surface area contributed by atoms with Crippen molar-refractivity contribution in [1.29, 1.82) is 0 Å². The number of nitrogens with one attached hydrogen (secondary N) is 1. The summed E-state index contributed by atoms with van der Waals surface area (Å²) >= 11 is 5.94. The third kappa shape index (κ3) is 4.21. The molecular formula is C18H27ClN2. The monoisotopic (exact) mass is 306 g/mol. The van der Waals surface area contributed by atoms with E-state index in [0.717, 1.165) is 23.4 Å². The minimum Gasteiger partial charge on any atom is -0.314 e. The quantitative estimate of drug-likeness (QED) is 0.857. The highest BCUT2D eigenvalue weighted by Gasteiger charge is 2.30. The minimum absolute atomic E-state index is 0.715. The van der Waals surface area contributed by atoms with Crippen molar-refractivity contribution in [2.75, 3.05) is 26.2 Å². The molecule has 3 rings (SSSR count). The summed E-state index contributed by atoms with van der Waals surface area (Å²) in [5, 5.41) is 4.59. The van der Waals surface area contributed by atoms with E-state index in [-0.39, 0.29) is 0 Å². The Balaban J connectivity index is 1.34. The van der Waals surface area contributed by atoms with Crippen molar-refractivity contribution in [2.45, 2.75) is 44.6 Å². The zero-order valence-corrected chi connectivity index (χ0v) is 13.8. The lowest BCUT2D eigenvalue weighted by molar-refractivity contribution is 0.245. The molecule has 1 atom stereocenters. The van der Waals surface area contributed by atoms with E-state index in [1.807, 2.05) is 12.1 Å². The zero-order chi connectivity index (χ0) is 14.7. The molecule has 3 heteroatoms. The first kappa shape index (κ1) is 15.3. The second-order valence-electron chi connectivity index (χ2n) is 6.94. The first-order chi connectivity index (χ1) is 10.2. The van der Waals surface area contributed by atoms with Gasteiger partial charge in [-0.05, 0) is 74.8 Å². The van der Waals surface area contributed by atoms with Gasteiger partial charge in [-0.3, -0.25) is 0 Å². The molecule has 1 aliphatic carbocycles. The van der Waals surface area contributed by atoms with Gasteiger partial charge in [0.25, 0.3) is 0 Å². The predicted octanol–water partition coefficient (Wildman–Crippen LogP) is 3.91. The molecule has 0 radical (unpaired) electrons. The first-order valence-corrected chi connectivity index (χ1v) is 8.79. The van der Waals surface area contributed by atoms with Gasteiger partial charge in [-0.15, -0.1) is 0 Å². The molecule has 21 heavy (non-hydrogen) atoms. The normalized spacial score (nSPS) is 27.5. The van der Waals surface area contributed by atoms with Gasteiger partial charge in [0.2, 0.25) is 0 Å². The van der Waals surface area contributed by atoms with Gasteiger partial charge in [-0.2, -0.15) is 0 Å². The van der Waals surface area contributed by atoms with Gasteiger partial charge >= 0.3 is 0 Å². The molecule has 1 N–H and O–H groups in total. The molecule has 1 aromatic carbocycles. The molecule has 116 valence electrons. The molecule has 1 heterocycles. The highest BCUT2D eigenvalue weighted by molar-refractivity contribution is 6.30. The van der Waals surface area contributed by atoms with E-state index in [0.29, 0.717) is 6.04 Å². The molecule has 0 aromatic heterocycles. The van der Waals surface area contributed by atoms with Crippen LogP contribution >= 0.6 is 11.6 Å². The SMILES string of the molecule is CC(CNC1CC(c2ccc(Cl)cc2)C1)CN1CCCC1. The van der Waals surface area contributed by atoms with E-state index in [1.54, 1.807) is 0 Å². The minimum atomic E-state index is 0.715. The largest absolute Gasteiger partial charge is 0.314 e. The Hall–Kier alpha value is -0.570. The highest BCUT2D eigenvalue weighted by atomic mass is 35.5. The molecule has 2 fully saturated rings.